The number of carbonyl (C=O) groups excluding carboxylic acids is 1. The van der Waals surface area contributed by atoms with Gasteiger partial charge in [-0.3, -0.25) is 9.48 Å². The van der Waals surface area contributed by atoms with Gasteiger partial charge in [0.2, 0.25) is 0 Å². The first kappa shape index (κ1) is 17.9. The molecule has 0 aliphatic heterocycles. The third-order valence-corrected chi connectivity index (χ3v) is 4.29. The second kappa shape index (κ2) is 7.15. The lowest BCUT2D eigenvalue weighted by atomic mass is 9.86. The van der Waals surface area contributed by atoms with Gasteiger partial charge >= 0.3 is 0 Å². The molecule has 26 heavy (non-hydrogen) atoms. The van der Waals surface area contributed by atoms with Gasteiger partial charge in [-0.15, -0.1) is 0 Å². The van der Waals surface area contributed by atoms with Crippen LogP contribution in [0.15, 0.2) is 41.7 Å². The number of hydrogen-bond acceptors (Lipinski definition) is 5. The van der Waals surface area contributed by atoms with Crippen molar-refractivity contribution >= 4 is 5.91 Å². The van der Waals surface area contributed by atoms with Gasteiger partial charge in [-0.05, 0) is 12.3 Å². The third-order valence-electron chi connectivity index (χ3n) is 4.29. The number of aryl methyl sites for hydroxylation is 1. The van der Waals surface area contributed by atoms with Gasteiger partial charge in [0.15, 0.2) is 11.5 Å². The number of hydrogen-bond donors (Lipinski definition) is 1. The zero-order valence-electron chi connectivity index (χ0n) is 15.5. The van der Waals surface area contributed by atoms with Gasteiger partial charge < -0.3 is 14.4 Å². The molecule has 0 spiro atoms. The van der Waals surface area contributed by atoms with Crippen LogP contribution in [0.3, 0.4) is 0 Å². The molecule has 0 bridgehead atoms. The molecule has 0 aliphatic rings. The highest BCUT2D eigenvalue weighted by Gasteiger charge is 2.28. The predicted octanol–water partition coefficient (Wildman–Crippen LogP) is 2.60. The third kappa shape index (κ3) is 4.01. The fraction of sp³-hybridized carbons (Fsp3) is 0.444. The molecule has 3 aromatic rings. The van der Waals surface area contributed by atoms with Crippen molar-refractivity contribution in [3.05, 3.63) is 42.9 Å². The van der Waals surface area contributed by atoms with E-state index in [1.165, 1.54) is 0 Å². The Kier molecular flexibility index (Phi) is 4.92. The molecule has 0 saturated heterocycles. The molecular formula is C18H24N6O2. The van der Waals surface area contributed by atoms with Gasteiger partial charge in [0.05, 0.1) is 24.1 Å². The highest BCUT2D eigenvalue weighted by molar-refractivity contribution is 5.93. The standard InChI is InChI=1S/C18H24N6O2/c1-5-24-10-13(9-20-24)15-8-14(22-26-15)17(25)21-16(18(2,3)4)11-23-7-6-19-12-23/h6-10,12,16H,5,11H2,1-4H3,(H,21,25)/t16-/m0/s1. The lowest BCUT2D eigenvalue weighted by molar-refractivity contribution is 0.0883. The number of amides is 1. The lowest BCUT2D eigenvalue weighted by Crippen LogP contribution is -2.46. The van der Waals surface area contributed by atoms with Crippen LogP contribution < -0.4 is 5.32 Å². The summed E-state index contributed by atoms with van der Waals surface area (Å²) in [5.41, 5.74) is 0.919. The van der Waals surface area contributed by atoms with E-state index in [0.717, 1.165) is 12.1 Å². The number of aromatic nitrogens is 5. The second-order valence-corrected chi connectivity index (χ2v) is 7.31. The van der Waals surface area contributed by atoms with Crippen LogP contribution >= 0.6 is 0 Å². The van der Waals surface area contributed by atoms with E-state index < -0.39 is 0 Å². The van der Waals surface area contributed by atoms with Crippen LogP contribution in [0.2, 0.25) is 0 Å². The van der Waals surface area contributed by atoms with Crippen LogP contribution in [0.1, 0.15) is 38.2 Å². The summed E-state index contributed by atoms with van der Waals surface area (Å²) in [6.07, 6.45) is 8.90. The minimum atomic E-state index is -0.261. The van der Waals surface area contributed by atoms with Gasteiger partial charge in [0.25, 0.3) is 5.91 Å². The van der Waals surface area contributed by atoms with Gasteiger partial charge in [-0.2, -0.15) is 5.10 Å². The highest BCUT2D eigenvalue weighted by atomic mass is 16.5. The lowest BCUT2D eigenvalue weighted by Gasteiger charge is -2.31. The first-order valence-corrected chi connectivity index (χ1v) is 8.63. The Labute approximate surface area is 152 Å². The summed E-state index contributed by atoms with van der Waals surface area (Å²) in [6.45, 7) is 9.65. The smallest absolute Gasteiger partial charge is 0.273 e. The van der Waals surface area contributed by atoms with E-state index in [2.05, 4.69) is 41.3 Å². The SMILES string of the molecule is CCn1cc(-c2cc(C(=O)N[C@@H](Cn3ccnc3)C(C)(C)C)no2)cn1. The Morgan fingerprint density at radius 3 is 2.81 bits per heavy atom. The molecular weight excluding hydrogens is 332 g/mol. The second-order valence-electron chi connectivity index (χ2n) is 7.31. The predicted molar refractivity (Wildman–Crippen MR) is 96.3 cm³/mol. The van der Waals surface area contributed by atoms with Crippen molar-refractivity contribution in [2.45, 2.75) is 46.8 Å². The summed E-state index contributed by atoms with van der Waals surface area (Å²) in [7, 11) is 0. The van der Waals surface area contributed by atoms with Gasteiger partial charge in [0.1, 0.15) is 0 Å². The van der Waals surface area contributed by atoms with Crippen molar-refractivity contribution in [3.8, 4) is 11.3 Å². The molecule has 0 radical (unpaired) electrons. The van der Waals surface area contributed by atoms with E-state index in [1.807, 2.05) is 23.9 Å². The van der Waals surface area contributed by atoms with Gasteiger partial charge in [0, 0.05) is 37.7 Å². The first-order chi connectivity index (χ1) is 12.4. The van der Waals surface area contributed by atoms with Crippen molar-refractivity contribution < 1.29 is 9.32 Å². The molecule has 8 nitrogen and oxygen atoms in total. The molecule has 0 aromatic carbocycles. The molecule has 3 aromatic heterocycles. The van der Waals surface area contributed by atoms with E-state index in [0.29, 0.717) is 12.3 Å². The highest BCUT2D eigenvalue weighted by Crippen LogP contribution is 2.23. The summed E-state index contributed by atoms with van der Waals surface area (Å²) in [4.78, 5) is 16.7. The molecule has 8 heteroatoms. The molecule has 0 saturated carbocycles. The molecule has 3 rings (SSSR count). The van der Waals surface area contributed by atoms with Crippen molar-refractivity contribution in [2.75, 3.05) is 0 Å². The van der Waals surface area contributed by atoms with E-state index >= 15 is 0 Å². The zero-order valence-corrected chi connectivity index (χ0v) is 15.5. The number of rotatable bonds is 6. The largest absolute Gasteiger partial charge is 0.355 e. The summed E-state index contributed by atoms with van der Waals surface area (Å²) in [5.74, 6) is 0.264. The molecule has 0 aliphatic carbocycles. The van der Waals surface area contributed by atoms with Gasteiger partial charge in [-0.1, -0.05) is 25.9 Å². The molecule has 0 unspecified atom stereocenters. The molecule has 3 heterocycles. The van der Waals surface area contributed by atoms with Crippen LogP contribution in [0, 0.1) is 5.41 Å². The minimum Gasteiger partial charge on any atom is -0.355 e. The number of imidazole rings is 1. The average Bonchev–Trinajstić information content (AvgIpc) is 3.33. The summed E-state index contributed by atoms with van der Waals surface area (Å²) < 4.78 is 9.06. The summed E-state index contributed by atoms with van der Waals surface area (Å²) >= 11 is 0. The van der Waals surface area contributed by atoms with E-state index in [-0.39, 0.29) is 23.1 Å². The maximum atomic E-state index is 12.7. The molecule has 0 fully saturated rings. The van der Waals surface area contributed by atoms with E-state index in [9.17, 15) is 4.79 Å². The Hall–Kier alpha value is -2.90. The van der Waals surface area contributed by atoms with Crippen LogP contribution in [-0.2, 0) is 13.1 Å². The fourth-order valence-corrected chi connectivity index (χ4v) is 2.56. The normalized spacial score (nSPS) is 12.9. The van der Waals surface area contributed by atoms with Crippen LogP contribution in [0.25, 0.3) is 11.3 Å². The molecule has 1 N–H and O–H groups in total. The quantitative estimate of drug-likeness (QED) is 0.733. The van der Waals surface area contributed by atoms with Crippen molar-refractivity contribution in [2.24, 2.45) is 5.41 Å². The Morgan fingerprint density at radius 1 is 1.38 bits per heavy atom. The topological polar surface area (TPSA) is 90.8 Å². The Morgan fingerprint density at radius 2 is 2.19 bits per heavy atom. The molecule has 1 atom stereocenters. The van der Waals surface area contributed by atoms with E-state index in [4.69, 9.17) is 4.52 Å². The summed E-state index contributed by atoms with van der Waals surface area (Å²) in [5, 5.41) is 11.2. The fourth-order valence-electron chi connectivity index (χ4n) is 2.56. The van der Waals surface area contributed by atoms with Crippen LogP contribution in [-0.4, -0.2) is 36.4 Å². The van der Waals surface area contributed by atoms with Crippen molar-refractivity contribution in [1.29, 1.82) is 0 Å². The minimum absolute atomic E-state index is 0.0906. The molecule has 138 valence electrons. The Balaban J connectivity index is 1.73. The average molecular weight is 356 g/mol. The van der Waals surface area contributed by atoms with Crippen molar-refractivity contribution in [1.82, 2.24) is 29.8 Å². The number of carbonyl (C=O) groups is 1. The summed E-state index contributed by atoms with van der Waals surface area (Å²) in [6, 6.07) is 1.55. The number of nitrogens with one attached hydrogen (secondary N) is 1. The molecule has 1 amide bonds. The Bertz CT molecular complexity index is 857. The number of nitrogens with zero attached hydrogens (tertiary/aromatic N) is 5. The van der Waals surface area contributed by atoms with Gasteiger partial charge in [-0.25, -0.2) is 4.98 Å². The van der Waals surface area contributed by atoms with Crippen molar-refractivity contribution in [3.63, 3.8) is 0 Å². The van der Waals surface area contributed by atoms with E-state index in [1.54, 1.807) is 29.5 Å². The first-order valence-electron chi connectivity index (χ1n) is 8.63. The maximum Gasteiger partial charge on any atom is 0.273 e. The van der Waals surface area contributed by atoms with Crippen LogP contribution in [0.5, 0.6) is 0 Å². The zero-order chi connectivity index (χ0) is 18.7. The van der Waals surface area contributed by atoms with Crippen LogP contribution in [0.4, 0.5) is 0 Å². The monoisotopic (exact) mass is 356 g/mol. The maximum absolute atomic E-state index is 12.7.